The third-order valence-corrected chi connectivity index (χ3v) is 3.43. The second-order valence-corrected chi connectivity index (χ2v) is 4.93. The Morgan fingerprint density at radius 1 is 1.14 bits per heavy atom. The second-order valence-electron chi connectivity index (χ2n) is 4.93. The molecule has 0 bridgehead atoms. The Morgan fingerprint density at radius 2 is 1.77 bits per heavy atom. The number of rotatable bonds is 4. The Kier molecular flexibility index (Phi) is 5.31. The number of hydrogen-bond acceptors (Lipinski definition) is 8. The maximum absolute atomic E-state index is 9.87. The lowest BCUT2D eigenvalue weighted by atomic mass is 9.99. The molecule has 8 heteroatoms. The van der Waals surface area contributed by atoms with Gasteiger partial charge in [0, 0.05) is 0 Å². The smallest absolute Gasteiger partial charge is 0.188 e. The standard InChI is InChI=1S/C14H17NO7/c15-5-9(7-1-3-8(17)4-2-7)21-14-13(20)12(19)11(18)10(6-16)22-14/h1-4,9-14,16-20H,6H2/t9-,10?,11?,12?,13?,14?/m0/s1. The Morgan fingerprint density at radius 3 is 2.32 bits per heavy atom. The first-order valence-corrected chi connectivity index (χ1v) is 6.62. The lowest BCUT2D eigenvalue weighted by Gasteiger charge is -2.40. The minimum Gasteiger partial charge on any atom is -0.508 e. The van der Waals surface area contributed by atoms with Crippen molar-refractivity contribution in [1.29, 1.82) is 5.26 Å². The second kappa shape index (κ2) is 7.02. The summed E-state index contributed by atoms with van der Waals surface area (Å²) in [5, 5.41) is 56.7. The van der Waals surface area contributed by atoms with Gasteiger partial charge in [-0.2, -0.15) is 5.26 Å². The van der Waals surface area contributed by atoms with E-state index in [4.69, 9.17) is 14.6 Å². The summed E-state index contributed by atoms with van der Waals surface area (Å²) in [5.41, 5.74) is 0.414. The Hall–Kier alpha value is -1.73. The fourth-order valence-electron chi connectivity index (χ4n) is 2.15. The van der Waals surface area contributed by atoms with Crippen molar-refractivity contribution < 1.29 is 35.0 Å². The van der Waals surface area contributed by atoms with Crippen molar-refractivity contribution in [3.8, 4) is 11.8 Å². The molecular weight excluding hydrogens is 294 g/mol. The number of nitrogens with zero attached hydrogens (tertiary/aromatic N) is 1. The molecule has 0 radical (unpaired) electrons. The van der Waals surface area contributed by atoms with Crippen molar-refractivity contribution in [2.45, 2.75) is 36.8 Å². The van der Waals surface area contributed by atoms with Crippen molar-refractivity contribution in [3.63, 3.8) is 0 Å². The number of aliphatic hydroxyl groups is 4. The highest BCUT2D eigenvalue weighted by Crippen LogP contribution is 2.27. The van der Waals surface area contributed by atoms with E-state index in [0.29, 0.717) is 5.56 Å². The molecule has 1 aliphatic rings. The molecule has 0 aromatic heterocycles. The lowest BCUT2D eigenvalue weighted by molar-refractivity contribution is -0.307. The zero-order chi connectivity index (χ0) is 16.3. The predicted molar refractivity (Wildman–Crippen MR) is 71.3 cm³/mol. The molecular formula is C14H17NO7. The monoisotopic (exact) mass is 311 g/mol. The van der Waals surface area contributed by atoms with Gasteiger partial charge in [-0.05, 0) is 17.7 Å². The SMILES string of the molecule is N#C[C@H](OC1OC(CO)C(O)C(O)C1O)c1ccc(O)cc1. The number of aliphatic hydroxyl groups excluding tert-OH is 4. The Balaban J connectivity index is 2.13. The van der Waals surface area contributed by atoms with Gasteiger partial charge in [-0.1, -0.05) is 12.1 Å². The molecule has 0 amide bonds. The van der Waals surface area contributed by atoms with Gasteiger partial charge in [-0.25, -0.2) is 0 Å². The van der Waals surface area contributed by atoms with Gasteiger partial charge in [0.15, 0.2) is 12.4 Å². The molecule has 8 nitrogen and oxygen atoms in total. The fourth-order valence-corrected chi connectivity index (χ4v) is 2.15. The van der Waals surface area contributed by atoms with Gasteiger partial charge < -0.3 is 35.0 Å². The van der Waals surface area contributed by atoms with Gasteiger partial charge in [0.25, 0.3) is 0 Å². The number of phenolic OH excluding ortho intramolecular Hbond substituents is 1. The highest BCUT2D eigenvalue weighted by atomic mass is 16.7. The van der Waals surface area contributed by atoms with E-state index in [1.807, 2.05) is 6.07 Å². The summed E-state index contributed by atoms with van der Waals surface area (Å²) in [6.07, 6.45) is -8.27. The van der Waals surface area contributed by atoms with Crippen LogP contribution in [0.2, 0.25) is 0 Å². The van der Waals surface area contributed by atoms with Crippen molar-refractivity contribution in [2.24, 2.45) is 0 Å². The summed E-state index contributed by atoms with van der Waals surface area (Å²) in [6, 6.07) is 7.54. The number of phenols is 1. The summed E-state index contributed by atoms with van der Waals surface area (Å²) in [5.74, 6) is 0.0216. The minimum atomic E-state index is -1.58. The third kappa shape index (κ3) is 3.36. The minimum absolute atomic E-state index is 0.0216. The van der Waals surface area contributed by atoms with Gasteiger partial charge in [0.2, 0.25) is 0 Å². The van der Waals surface area contributed by atoms with E-state index in [2.05, 4.69) is 0 Å². The quantitative estimate of drug-likeness (QED) is 0.465. The van der Waals surface area contributed by atoms with Crippen LogP contribution in [-0.4, -0.2) is 62.8 Å². The molecule has 2 rings (SSSR count). The number of nitriles is 1. The lowest BCUT2D eigenvalue weighted by Crippen LogP contribution is -2.59. The van der Waals surface area contributed by atoms with Crippen LogP contribution in [0.1, 0.15) is 11.7 Å². The van der Waals surface area contributed by atoms with Gasteiger partial charge in [0.1, 0.15) is 30.2 Å². The van der Waals surface area contributed by atoms with E-state index in [1.165, 1.54) is 24.3 Å². The molecule has 1 saturated heterocycles. The van der Waals surface area contributed by atoms with E-state index >= 15 is 0 Å². The number of ether oxygens (including phenoxy) is 2. The van der Waals surface area contributed by atoms with Crippen LogP contribution in [0.4, 0.5) is 0 Å². The van der Waals surface area contributed by atoms with Crippen LogP contribution in [0.15, 0.2) is 24.3 Å². The topological polar surface area (TPSA) is 143 Å². The van der Waals surface area contributed by atoms with Gasteiger partial charge in [0.05, 0.1) is 12.7 Å². The van der Waals surface area contributed by atoms with Crippen molar-refractivity contribution in [1.82, 2.24) is 0 Å². The molecule has 0 aliphatic carbocycles. The van der Waals surface area contributed by atoms with Gasteiger partial charge in [-0.15, -0.1) is 0 Å². The van der Waals surface area contributed by atoms with Gasteiger partial charge in [-0.3, -0.25) is 0 Å². The zero-order valence-corrected chi connectivity index (χ0v) is 11.5. The van der Waals surface area contributed by atoms with E-state index < -0.39 is 43.4 Å². The van der Waals surface area contributed by atoms with E-state index in [9.17, 15) is 25.7 Å². The maximum Gasteiger partial charge on any atom is 0.188 e. The fraction of sp³-hybridized carbons (Fsp3) is 0.500. The number of hydrogen-bond donors (Lipinski definition) is 5. The normalized spacial score (nSPS) is 33.1. The molecule has 0 saturated carbocycles. The van der Waals surface area contributed by atoms with Crippen LogP contribution in [-0.2, 0) is 9.47 Å². The average molecular weight is 311 g/mol. The van der Waals surface area contributed by atoms with Crippen molar-refractivity contribution in [2.75, 3.05) is 6.61 Å². The molecule has 1 aromatic rings. The number of benzene rings is 1. The average Bonchev–Trinajstić information content (AvgIpc) is 2.53. The summed E-state index contributed by atoms with van der Waals surface area (Å²) in [6.45, 7) is -0.582. The Labute approximate surface area is 126 Å². The molecule has 5 N–H and O–H groups in total. The predicted octanol–water partition coefficient (Wildman–Crippen LogP) is -1.23. The highest BCUT2D eigenvalue weighted by Gasteiger charge is 2.44. The zero-order valence-electron chi connectivity index (χ0n) is 11.5. The maximum atomic E-state index is 9.87. The van der Waals surface area contributed by atoms with E-state index in [1.54, 1.807) is 0 Å². The van der Waals surface area contributed by atoms with Crippen LogP contribution >= 0.6 is 0 Å². The van der Waals surface area contributed by atoms with Crippen LogP contribution in [0.5, 0.6) is 5.75 Å². The molecule has 1 heterocycles. The van der Waals surface area contributed by atoms with E-state index in [0.717, 1.165) is 0 Å². The van der Waals surface area contributed by atoms with Gasteiger partial charge >= 0.3 is 0 Å². The first-order valence-electron chi connectivity index (χ1n) is 6.62. The van der Waals surface area contributed by atoms with Crippen LogP contribution < -0.4 is 0 Å². The molecule has 1 aromatic carbocycles. The molecule has 5 unspecified atom stereocenters. The van der Waals surface area contributed by atoms with Crippen molar-refractivity contribution in [3.05, 3.63) is 29.8 Å². The highest BCUT2D eigenvalue weighted by molar-refractivity contribution is 5.29. The molecule has 1 aliphatic heterocycles. The molecule has 120 valence electrons. The summed E-state index contributed by atoms with van der Waals surface area (Å²) in [7, 11) is 0. The van der Waals surface area contributed by atoms with Crippen LogP contribution in [0.25, 0.3) is 0 Å². The van der Waals surface area contributed by atoms with E-state index in [-0.39, 0.29) is 5.75 Å². The summed E-state index contributed by atoms with van der Waals surface area (Å²) >= 11 is 0. The summed E-state index contributed by atoms with van der Waals surface area (Å²) < 4.78 is 10.5. The molecule has 6 atom stereocenters. The largest absolute Gasteiger partial charge is 0.508 e. The number of aromatic hydroxyl groups is 1. The molecule has 22 heavy (non-hydrogen) atoms. The Bertz CT molecular complexity index is 527. The van der Waals surface area contributed by atoms with Crippen LogP contribution in [0.3, 0.4) is 0 Å². The first-order chi connectivity index (χ1) is 10.5. The van der Waals surface area contributed by atoms with Crippen LogP contribution in [0, 0.1) is 11.3 Å². The van der Waals surface area contributed by atoms with Crippen molar-refractivity contribution >= 4 is 0 Å². The first kappa shape index (κ1) is 16.6. The molecule has 1 fully saturated rings. The summed E-state index contributed by atoms with van der Waals surface area (Å²) in [4.78, 5) is 0. The third-order valence-electron chi connectivity index (χ3n) is 3.43. The molecule has 0 spiro atoms.